The molecule has 0 bridgehead atoms. The van der Waals surface area contributed by atoms with Crippen molar-refractivity contribution < 1.29 is 14.3 Å². The van der Waals surface area contributed by atoms with Crippen molar-refractivity contribution in [1.29, 1.82) is 0 Å². The van der Waals surface area contributed by atoms with Crippen molar-refractivity contribution in [3.63, 3.8) is 0 Å². The number of hydrogen-bond donors (Lipinski definition) is 2. The van der Waals surface area contributed by atoms with E-state index in [1.165, 1.54) is 0 Å². The molecule has 32 heavy (non-hydrogen) atoms. The fraction of sp³-hybridized carbons (Fsp3) is 0.542. The monoisotopic (exact) mass is 439 g/mol. The molecule has 0 aliphatic carbocycles. The lowest BCUT2D eigenvalue weighted by atomic mass is 10.1. The number of rotatable bonds is 7. The highest BCUT2D eigenvalue weighted by Crippen LogP contribution is 2.26. The molecular formula is C24H33N5O3. The number of amides is 2. The molecule has 1 aromatic heterocycles. The van der Waals surface area contributed by atoms with Gasteiger partial charge in [-0.25, -0.2) is 4.98 Å². The normalized spacial score (nSPS) is 19.3. The molecule has 2 saturated heterocycles. The Morgan fingerprint density at radius 1 is 1.12 bits per heavy atom. The highest BCUT2D eigenvalue weighted by molar-refractivity contribution is 5.96. The summed E-state index contributed by atoms with van der Waals surface area (Å²) in [7, 11) is 2.14. The summed E-state index contributed by atoms with van der Waals surface area (Å²) in [6.45, 7) is 7.39. The van der Waals surface area contributed by atoms with Crippen LogP contribution in [0.2, 0.25) is 0 Å². The van der Waals surface area contributed by atoms with Gasteiger partial charge in [-0.15, -0.1) is 0 Å². The van der Waals surface area contributed by atoms with Crippen molar-refractivity contribution in [2.45, 2.75) is 38.7 Å². The number of piperazine rings is 1. The molecule has 1 atom stereocenters. The van der Waals surface area contributed by atoms with E-state index >= 15 is 0 Å². The van der Waals surface area contributed by atoms with Gasteiger partial charge in [0.2, 0.25) is 11.8 Å². The highest BCUT2D eigenvalue weighted by atomic mass is 16.5. The number of ether oxygens (including phenoxy) is 1. The van der Waals surface area contributed by atoms with E-state index in [2.05, 4.69) is 40.5 Å². The number of fused-ring (bicyclic) bond motifs is 1. The molecule has 2 aliphatic heterocycles. The molecule has 1 aromatic carbocycles. The molecule has 172 valence electrons. The zero-order valence-electron chi connectivity index (χ0n) is 19.0. The van der Waals surface area contributed by atoms with Crippen molar-refractivity contribution in [3.05, 3.63) is 29.8 Å². The standard InChI is InChI=1S/C24H33N5O3/c1-17-14-22(29-11-9-28(2)10-12-29)27-21-6-5-18(15-20(17)21)26-24(31)8-7-23(30)25-16-19-4-3-13-32-19/h5-6,14-15,19H,3-4,7-13,16H2,1-2H3,(H,25,30)(H,26,31). The van der Waals surface area contributed by atoms with E-state index < -0.39 is 0 Å². The van der Waals surface area contributed by atoms with Gasteiger partial charge < -0.3 is 25.2 Å². The fourth-order valence-electron chi connectivity index (χ4n) is 4.22. The van der Waals surface area contributed by atoms with E-state index in [4.69, 9.17) is 9.72 Å². The molecule has 0 spiro atoms. The summed E-state index contributed by atoms with van der Waals surface area (Å²) in [4.78, 5) is 33.8. The average molecular weight is 440 g/mol. The number of aromatic nitrogens is 1. The number of anilines is 2. The molecule has 3 heterocycles. The van der Waals surface area contributed by atoms with Gasteiger partial charge in [-0.2, -0.15) is 0 Å². The molecule has 1 unspecified atom stereocenters. The van der Waals surface area contributed by atoms with Gasteiger partial charge in [0.25, 0.3) is 0 Å². The first-order valence-corrected chi connectivity index (χ1v) is 11.5. The van der Waals surface area contributed by atoms with Gasteiger partial charge in [0.05, 0.1) is 11.6 Å². The van der Waals surface area contributed by atoms with E-state index in [0.29, 0.717) is 6.54 Å². The number of hydrogen-bond acceptors (Lipinski definition) is 6. The van der Waals surface area contributed by atoms with E-state index in [0.717, 1.165) is 73.6 Å². The number of pyridine rings is 1. The van der Waals surface area contributed by atoms with Gasteiger partial charge in [-0.05, 0) is 56.6 Å². The maximum atomic E-state index is 12.3. The number of nitrogens with one attached hydrogen (secondary N) is 2. The van der Waals surface area contributed by atoms with Gasteiger partial charge in [0, 0.05) is 63.2 Å². The lowest BCUT2D eigenvalue weighted by molar-refractivity contribution is -0.124. The molecule has 2 amide bonds. The van der Waals surface area contributed by atoms with Gasteiger partial charge in [0.15, 0.2) is 0 Å². The Kier molecular flexibility index (Phi) is 7.22. The first-order valence-electron chi connectivity index (χ1n) is 11.5. The molecule has 8 heteroatoms. The Morgan fingerprint density at radius 3 is 2.66 bits per heavy atom. The van der Waals surface area contributed by atoms with Gasteiger partial charge in [0.1, 0.15) is 5.82 Å². The molecule has 2 N–H and O–H groups in total. The van der Waals surface area contributed by atoms with Crippen LogP contribution >= 0.6 is 0 Å². The van der Waals surface area contributed by atoms with Crippen molar-refractivity contribution in [3.8, 4) is 0 Å². The third-order valence-corrected chi connectivity index (χ3v) is 6.24. The first kappa shape index (κ1) is 22.5. The molecule has 2 aromatic rings. The topological polar surface area (TPSA) is 86.8 Å². The number of nitrogens with zero attached hydrogens (tertiary/aromatic N) is 3. The Morgan fingerprint density at radius 2 is 1.91 bits per heavy atom. The van der Waals surface area contributed by atoms with E-state index in [1.807, 2.05) is 18.2 Å². The van der Waals surface area contributed by atoms with Crippen molar-refractivity contribution in [2.75, 3.05) is 56.6 Å². The molecule has 2 fully saturated rings. The van der Waals surface area contributed by atoms with Crippen molar-refractivity contribution >= 4 is 34.2 Å². The van der Waals surface area contributed by atoms with Crippen LogP contribution in [0.5, 0.6) is 0 Å². The predicted octanol–water partition coefficient (Wildman–Crippen LogP) is 2.31. The van der Waals surface area contributed by atoms with Crippen LogP contribution < -0.4 is 15.5 Å². The molecule has 4 rings (SSSR count). The lowest BCUT2D eigenvalue weighted by Crippen LogP contribution is -2.44. The van der Waals surface area contributed by atoms with Crippen LogP contribution in [0.1, 0.15) is 31.2 Å². The summed E-state index contributed by atoms with van der Waals surface area (Å²) in [5, 5.41) is 6.78. The van der Waals surface area contributed by atoms with Crippen LogP contribution in [0.25, 0.3) is 10.9 Å². The Bertz CT molecular complexity index is 966. The SMILES string of the molecule is Cc1cc(N2CCN(C)CC2)nc2ccc(NC(=O)CCC(=O)NCC3CCCO3)cc12. The lowest BCUT2D eigenvalue weighted by Gasteiger charge is -2.33. The second kappa shape index (κ2) is 10.3. The average Bonchev–Trinajstić information content (AvgIpc) is 3.31. The van der Waals surface area contributed by atoms with Crippen molar-refractivity contribution in [2.24, 2.45) is 0 Å². The Balaban J connectivity index is 1.32. The Labute approximate surface area is 189 Å². The summed E-state index contributed by atoms with van der Waals surface area (Å²) in [5.74, 6) is 0.718. The maximum absolute atomic E-state index is 12.3. The van der Waals surface area contributed by atoms with Crippen LogP contribution in [-0.4, -0.2) is 74.2 Å². The van der Waals surface area contributed by atoms with E-state index in [9.17, 15) is 9.59 Å². The van der Waals surface area contributed by atoms with Crippen LogP contribution in [0.4, 0.5) is 11.5 Å². The number of carbonyl (C=O) groups is 2. The number of benzene rings is 1. The third kappa shape index (κ3) is 5.75. The zero-order chi connectivity index (χ0) is 22.5. The van der Waals surface area contributed by atoms with E-state index in [-0.39, 0.29) is 30.8 Å². The van der Waals surface area contributed by atoms with Gasteiger partial charge in [-0.3, -0.25) is 9.59 Å². The van der Waals surface area contributed by atoms with Crippen LogP contribution in [0, 0.1) is 6.92 Å². The van der Waals surface area contributed by atoms with Crippen LogP contribution in [0.3, 0.4) is 0 Å². The van der Waals surface area contributed by atoms with E-state index in [1.54, 1.807) is 0 Å². The van der Waals surface area contributed by atoms with Crippen LogP contribution in [0.15, 0.2) is 24.3 Å². The molecule has 0 radical (unpaired) electrons. The number of carbonyl (C=O) groups excluding carboxylic acids is 2. The minimum absolute atomic E-state index is 0.110. The maximum Gasteiger partial charge on any atom is 0.224 e. The van der Waals surface area contributed by atoms with Crippen LogP contribution in [-0.2, 0) is 14.3 Å². The second-order valence-corrected chi connectivity index (χ2v) is 8.81. The van der Waals surface area contributed by atoms with Gasteiger partial charge in [-0.1, -0.05) is 0 Å². The quantitative estimate of drug-likeness (QED) is 0.689. The molecular weight excluding hydrogens is 406 g/mol. The summed E-state index contributed by atoms with van der Waals surface area (Å²) in [5.41, 5.74) is 2.78. The summed E-state index contributed by atoms with van der Waals surface area (Å²) >= 11 is 0. The first-order chi connectivity index (χ1) is 15.5. The third-order valence-electron chi connectivity index (χ3n) is 6.24. The number of aryl methyl sites for hydroxylation is 1. The smallest absolute Gasteiger partial charge is 0.224 e. The fourth-order valence-corrected chi connectivity index (χ4v) is 4.22. The van der Waals surface area contributed by atoms with Crippen molar-refractivity contribution in [1.82, 2.24) is 15.2 Å². The van der Waals surface area contributed by atoms with Gasteiger partial charge >= 0.3 is 0 Å². The summed E-state index contributed by atoms with van der Waals surface area (Å²) in [6, 6.07) is 7.91. The predicted molar refractivity (Wildman–Crippen MR) is 126 cm³/mol. The Hall–Kier alpha value is -2.71. The molecule has 8 nitrogen and oxygen atoms in total. The minimum atomic E-state index is -0.170. The zero-order valence-corrected chi connectivity index (χ0v) is 19.0. The minimum Gasteiger partial charge on any atom is -0.376 e. The molecule has 2 aliphatic rings. The second-order valence-electron chi connectivity index (χ2n) is 8.81. The summed E-state index contributed by atoms with van der Waals surface area (Å²) < 4.78 is 5.50. The summed E-state index contributed by atoms with van der Waals surface area (Å²) in [6.07, 6.45) is 2.45. The molecule has 0 saturated carbocycles. The number of likely N-dealkylation sites (N-methyl/N-ethyl adjacent to an activating group) is 1. The largest absolute Gasteiger partial charge is 0.376 e. The highest BCUT2D eigenvalue weighted by Gasteiger charge is 2.18.